The van der Waals surface area contributed by atoms with E-state index in [1.165, 1.54) is 5.69 Å². The predicted molar refractivity (Wildman–Crippen MR) is 123 cm³/mol. The van der Waals surface area contributed by atoms with Crippen LogP contribution in [-0.4, -0.2) is 77.4 Å². The van der Waals surface area contributed by atoms with Crippen LogP contribution in [0.3, 0.4) is 0 Å². The maximum Gasteiger partial charge on any atom is 0.139 e. The molecular formula is C22H29N5O2S. The summed E-state index contributed by atoms with van der Waals surface area (Å²) in [5.74, 6) is 1.16. The van der Waals surface area contributed by atoms with E-state index in [0.717, 1.165) is 80.5 Å². The minimum absolute atomic E-state index is 0.188. The Morgan fingerprint density at radius 1 is 1.17 bits per heavy atom. The zero-order valence-electron chi connectivity index (χ0n) is 17.4. The molecule has 0 spiro atoms. The van der Waals surface area contributed by atoms with Crippen molar-refractivity contribution in [2.45, 2.75) is 31.1 Å². The summed E-state index contributed by atoms with van der Waals surface area (Å²) in [5, 5.41) is 13.4. The second kappa shape index (κ2) is 8.69. The molecule has 0 amide bonds. The van der Waals surface area contributed by atoms with Crippen LogP contribution in [0.2, 0.25) is 0 Å². The number of anilines is 2. The molecule has 2 fully saturated rings. The Balaban J connectivity index is 1.37. The number of ether oxygens (including phenoxy) is 1. The van der Waals surface area contributed by atoms with Gasteiger partial charge < -0.3 is 19.6 Å². The van der Waals surface area contributed by atoms with Crippen molar-refractivity contribution in [3.63, 3.8) is 0 Å². The highest BCUT2D eigenvalue weighted by molar-refractivity contribution is 8.14. The summed E-state index contributed by atoms with van der Waals surface area (Å²) in [4.78, 5) is 18.4. The number of morpholine rings is 1. The SMILES string of the molecule is CC1CN=C(C(O)C2CCCN(c3ncnc4cc(N5CCOCC5)ccc34)C2)S1. The third-order valence-electron chi connectivity index (χ3n) is 6.26. The molecule has 0 aliphatic carbocycles. The molecule has 0 bridgehead atoms. The molecule has 1 aromatic heterocycles. The van der Waals surface area contributed by atoms with Gasteiger partial charge in [-0.05, 0) is 31.0 Å². The summed E-state index contributed by atoms with van der Waals surface area (Å²) < 4.78 is 5.47. The highest BCUT2D eigenvalue weighted by Gasteiger charge is 2.32. The van der Waals surface area contributed by atoms with Gasteiger partial charge in [0, 0.05) is 48.4 Å². The van der Waals surface area contributed by atoms with Crippen molar-refractivity contribution in [1.82, 2.24) is 9.97 Å². The number of aliphatic hydroxyl groups excluding tert-OH is 1. The van der Waals surface area contributed by atoms with Crippen LogP contribution in [0.5, 0.6) is 0 Å². The van der Waals surface area contributed by atoms with Gasteiger partial charge in [0.25, 0.3) is 0 Å². The first-order valence-corrected chi connectivity index (χ1v) is 11.8. The maximum absolute atomic E-state index is 10.9. The number of piperidine rings is 1. The fourth-order valence-electron chi connectivity index (χ4n) is 4.63. The van der Waals surface area contributed by atoms with Crippen molar-refractivity contribution in [1.29, 1.82) is 0 Å². The molecule has 4 heterocycles. The normalized spacial score (nSPS) is 26.1. The molecule has 2 aromatic rings. The molecule has 7 nitrogen and oxygen atoms in total. The number of fused-ring (bicyclic) bond motifs is 1. The van der Waals surface area contributed by atoms with Crippen molar-refractivity contribution in [2.24, 2.45) is 10.9 Å². The third-order valence-corrected chi connectivity index (χ3v) is 7.42. The molecule has 3 unspecified atom stereocenters. The first-order valence-electron chi connectivity index (χ1n) is 10.9. The Hall–Kier alpha value is -1.90. The highest BCUT2D eigenvalue weighted by atomic mass is 32.2. The minimum atomic E-state index is -0.469. The fourth-order valence-corrected chi connectivity index (χ4v) is 5.67. The lowest BCUT2D eigenvalue weighted by Gasteiger charge is -2.36. The van der Waals surface area contributed by atoms with Crippen molar-refractivity contribution < 1.29 is 9.84 Å². The van der Waals surface area contributed by atoms with E-state index in [4.69, 9.17) is 4.74 Å². The van der Waals surface area contributed by atoms with Crippen LogP contribution in [0.4, 0.5) is 11.5 Å². The topological polar surface area (TPSA) is 74.1 Å². The van der Waals surface area contributed by atoms with Crippen LogP contribution in [0.15, 0.2) is 29.5 Å². The van der Waals surface area contributed by atoms with Crippen LogP contribution in [0, 0.1) is 5.92 Å². The summed E-state index contributed by atoms with van der Waals surface area (Å²) in [7, 11) is 0. The second-order valence-corrected chi connectivity index (χ2v) is 9.86. The maximum atomic E-state index is 10.9. The molecule has 160 valence electrons. The van der Waals surface area contributed by atoms with E-state index in [0.29, 0.717) is 5.25 Å². The Morgan fingerprint density at radius 3 is 2.83 bits per heavy atom. The second-order valence-electron chi connectivity index (χ2n) is 8.40. The van der Waals surface area contributed by atoms with Gasteiger partial charge in [-0.2, -0.15) is 0 Å². The van der Waals surface area contributed by atoms with Crippen LogP contribution < -0.4 is 9.80 Å². The number of hydrogen-bond acceptors (Lipinski definition) is 8. The smallest absolute Gasteiger partial charge is 0.139 e. The fraction of sp³-hybridized carbons (Fsp3) is 0.591. The summed E-state index contributed by atoms with van der Waals surface area (Å²) in [6.07, 6.45) is 3.27. The molecule has 5 rings (SSSR count). The van der Waals surface area contributed by atoms with Gasteiger partial charge in [0.1, 0.15) is 18.2 Å². The third kappa shape index (κ3) is 4.00. The first kappa shape index (κ1) is 20.0. The van der Waals surface area contributed by atoms with Gasteiger partial charge in [0.2, 0.25) is 0 Å². The molecule has 2 saturated heterocycles. The van der Waals surface area contributed by atoms with Crippen molar-refractivity contribution >= 4 is 39.2 Å². The monoisotopic (exact) mass is 427 g/mol. The molecule has 8 heteroatoms. The number of nitrogens with zero attached hydrogens (tertiary/aromatic N) is 5. The highest BCUT2D eigenvalue weighted by Crippen LogP contribution is 2.33. The Kier molecular flexibility index (Phi) is 5.80. The van der Waals surface area contributed by atoms with Gasteiger partial charge in [-0.3, -0.25) is 4.99 Å². The largest absolute Gasteiger partial charge is 0.386 e. The van der Waals surface area contributed by atoms with Gasteiger partial charge in [0.15, 0.2) is 0 Å². The van der Waals surface area contributed by atoms with Gasteiger partial charge in [-0.1, -0.05) is 6.92 Å². The molecule has 1 N–H and O–H groups in total. The quantitative estimate of drug-likeness (QED) is 0.804. The Morgan fingerprint density at radius 2 is 2.03 bits per heavy atom. The van der Waals surface area contributed by atoms with Gasteiger partial charge in [-0.15, -0.1) is 11.8 Å². The Bertz CT molecular complexity index is 933. The average Bonchev–Trinajstić information content (AvgIpc) is 3.24. The van der Waals surface area contributed by atoms with E-state index in [1.807, 2.05) is 0 Å². The van der Waals surface area contributed by atoms with Gasteiger partial charge in [0.05, 0.1) is 30.3 Å². The number of hydrogen-bond donors (Lipinski definition) is 1. The number of aromatic nitrogens is 2. The molecule has 3 aliphatic rings. The summed E-state index contributed by atoms with van der Waals surface area (Å²) in [6, 6.07) is 6.48. The molecule has 0 radical (unpaired) electrons. The minimum Gasteiger partial charge on any atom is -0.386 e. The van der Waals surface area contributed by atoms with Crippen LogP contribution in [0.1, 0.15) is 19.8 Å². The lowest BCUT2D eigenvalue weighted by molar-refractivity contribution is 0.122. The Labute approximate surface area is 181 Å². The number of benzene rings is 1. The van der Waals surface area contributed by atoms with Crippen LogP contribution in [0.25, 0.3) is 10.9 Å². The molecular weight excluding hydrogens is 398 g/mol. The van der Waals surface area contributed by atoms with Crippen molar-refractivity contribution in [3.8, 4) is 0 Å². The zero-order valence-corrected chi connectivity index (χ0v) is 18.2. The first-order chi connectivity index (χ1) is 14.7. The number of aliphatic imine (C=N–C) groups is 1. The van der Waals surface area contributed by atoms with Gasteiger partial charge >= 0.3 is 0 Å². The molecule has 30 heavy (non-hydrogen) atoms. The summed E-state index contributed by atoms with van der Waals surface area (Å²) >= 11 is 1.72. The molecule has 3 aliphatic heterocycles. The van der Waals surface area contributed by atoms with Gasteiger partial charge in [-0.25, -0.2) is 9.97 Å². The molecule has 3 atom stereocenters. The number of thioether (sulfide) groups is 1. The molecule has 1 aromatic carbocycles. The van der Waals surface area contributed by atoms with E-state index in [-0.39, 0.29) is 5.92 Å². The lowest BCUT2D eigenvalue weighted by atomic mass is 9.92. The lowest BCUT2D eigenvalue weighted by Crippen LogP contribution is -2.43. The molecule has 0 saturated carbocycles. The predicted octanol–water partition coefficient (Wildman–Crippen LogP) is 2.58. The standard InChI is InChI=1S/C22H29N5O2S/c1-15-12-23-22(30-15)20(28)16-3-2-6-27(13-16)21-18-5-4-17(11-19(18)24-14-25-21)26-7-9-29-10-8-26/h4-5,11,14-16,20,28H,2-3,6-10,12-13H2,1H3. The van der Waals surface area contributed by atoms with E-state index in [2.05, 4.69) is 49.9 Å². The number of aliphatic hydroxyl groups is 1. The van der Waals surface area contributed by atoms with E-state index in [1.54, 1.807) is 18.1 Å². The summed E-state index contributed by atoms with van der Waals surface area (Å²) in [6.45, 7) is 8.10. The van der Waals surface area contributed by atoms with E-state index in [9.17, 15) is 5.11 Å². The van der Waals surface area contributed by atoms with E-state index >= 15 is 0 Å². The average molecular weight is 428 g/mol. The van der Waals surface area contributed by atoms with Crippen molar-refractivity contribution in [3.05, 3.63) is 24.5 Å². The van der Waals surface area contributed by atoms with E-state index < -0.39 is 6.10 Å². The van der Waals surface area contributed by atoms with Crippen LogP contribution >= 0.6 is 11.8 Å². The van der Waals surface area contributed by atoms with Crippen LogP contribution in [-0.2, 0) is 4.74 Å². The summed E-state index contributed by atoms with van der Waals surface area (Å²) in [5.41, 5.74) is 2.16. The van der Waals surface area contributed by atoms with Crippen molar-refractivity contribution in [2.75, 3.05) is 55.7 Å². The number of rotatable bonds is 4. The zero-order chi connectivity index (χ0) is 20.5.